The maximum absolute atomic E-state index is 13.1. The van der Waals surface area contributed by atoms with Crippen LogP contribution in [0.5, 0.6) is 0 Å². The highest BCUT2D eigenvalue weighted by molar-refractivity contribution is 9.10. The Morgan fingerprint density at radius 1 is 1.15 bits per heavy atom. The van der Waals surface area contributed by atoms with Crippen molar-refractivity contribution in [3.8, 4) is 0 Å². The Bertz CT molecular complexity index is 1130. The number of nitrogens with zero attached hydrogens (tertiary/aromatic N) is 1. The van der Waals surface area contributed by atoms with E-state index < -0.39 is 20.6 Å². The molecule has 1 aliphatic heterocycles. The summed E-state index contributed by atoms with van der Waals surface area (Å²) < 4.78 is 27.3. The van der Waals surface area contributed by atoms with Crippen LogP contribution in [0.25, 0.3) is 0 Å². The van der Waals surface area contributed by atoms with Gasteiger partial charge in [0.15, 0.2) is 9.84 Å². The van der Waals surface area contributed by atoms with E-state index in [-0.39, 0.29) is 5.92 Å². The lowest BCUT2D eigenvalue weighted by Crippen LogP contribution is -2.57. The summed E-state index contributed by atoms with van der Waals surface area (Å²) in [7, 11) is -3.39. The Labute approximate surface area is 206 Å². The van der Waals surface area contributed by atoms with Crippen LogP contribution < -0.4 is 10.6 Å². The molecule has 176 valence electrons. The van der Waals surface area contributed by atoms with Crippen molar-refractivity contribution in [1.29, 1.82) is 0 Å². The third-order valence-corrected chi connectivity index (χ3v) is 8.59. The van der Waals surface area contributed by atoms with Crippen LogP contribution in [0.3, 0.4) is 0 Å². The van der Waals surface area contributed by atoms with Crippen LogP contribution in [-0.4, -0.2) is 56.5 Å². The molecule has 5 nitrogen and oxygen atoms in total. The second kappa shape index (κ2) is 10.0. The molecular weight excluding hydrogens is 498 g/mol. The Kier molecular flexibility index (Phi) is 7.31. The molecule has 1 aliphatic carbocycles. The van der Waals surface area contributed by atoms with Crippen LogP contribution in [0, 0.1) is 5.92 Å². The van der Waals surface area contributed by atoms with E-state index in [1.807, 2.05) is 54.6 Å². The molecule has 2 aliphatic rings. The average molecular weight is 531 g/mol. The normalized spacial score (nSPS) is 24.3. The van der Waals surface area contributed by atoms with Crippen molar-refractivity contribution in [1.82, 2.24) is 10.2 Å². The molecule has 33 heavy (non-hydrogen) atoms. The number of rotatable bonds is 7. The average Bonchev–Trinajstić information content (AvgIpc) is 2.79. The van der Waals surface area contributed by atoms with Crippen LogP contribution in [0.4, 0.5) is 5.69 Å². The fraction of sp³-hybridized carbons (Fsp3) is 0.385. The molecule has 2 aromatic carbocycles. The molecule has 2 aromatic rings. The Hall–Kier alpha value is -2.09. The number of hydrogen-bond donors (Lipinski definition) is 2. The molecule has 3 atom stereocenters. The Morgan fingerprint density at radius 2 is 1.88 bits per heavy atom. The van der Waals surface area contributed by atoms with Crippen molar-refractivity contribution in [2.24, 2.45) is 5.92 Å². The summed E-state index contributed by atoms with van der Waals surface area (Å²) in [6, 6.07) is 18.2. The van der Waals surface area contributed by atoms with Crippen molar-refractivity contribution in [2.45, 2.75) is 24.1 Å². The number of benzene rings is 2. The molecular formula is C26H32BrN3O2S. The van der Waals surface area contributed by atoms with Crippen molar-refractivity contribution in [3.63, 3.8) is 0 Å². The molecule has 3 unspecified atom stereocenters. The van der Waals surface area contributed by atoms with Crippen LogP contribution in [-0.2, 0) is 16.3 Å². The zero-order valence-electron chi connectivity index (χ0n) is 19.2. The second-order valence-electron chi connectivity index (χ2n) is 9.07. The van der Waals surface area contributed by atoms with E-state index in [1.165, 1.54) is 11.8 Å². The predicted octanol–water partition coefficient (Wildman–Crippen LogP) is 4.25. The summed E-state index contributed by atoms with van der Waals surface area (Å²) in [6.07, 6.45) is 8.15. The Balaban J connectivity index is 1.81. The molecule has 4 rings (SSSR count). The monoisotopic (exact) mass is 529 g/mol. The third-order valence-electron chi connectivity index (χ3n) is 6.62. The summed E-state index contributed by atoms with van der Waals surface area (Å²) in [5.74, 6) is -0.00500. The van der Waals surface area contributed by atoms with Crippen LogP contribution in [0.1, 0.15) is 12.5 Å². The topological polar surface area (TPSA) is 61.4 Å². The largest absolute Gasteiger partial charge is 0.374 e. The summed E-state index contributed by atoms with van der Waals surface area (Å²) >= 11 is 3.57. The summed E-state index contributed by atoms with van der Waals surface area (Å²) in [4.78, 5) is 2.35. The van der Waals surface area contributed by atoms with E-state index in [4.69, 9.17) is 0 Å². The molecule has 0 amide bonds. The van der Waals surface area contributed by atoms with Gasteiger partial charge in [0, 0.05) is 48.3 Å². The fourth-order valence-electron chi connectivity index (χ4n) is 4.95. The summed E-state index contributed by atoms with van der Waals surface area (Å²) in [6.45, 7) is 5.81. The number of nitrogens with one attached hydrogen (secondary N) is 2. The second-order valence-corrected chi connectivity index (χ2v) is 12.2. The molecule has 0 spiro atoms. The minimum absolute atomic E-state index is 0.00500. The molecule has 0 saturated carbocycles. The number of sulfone groups is 1. The smallest absolute Gasteiger partial charge is 0.156 e. The quantitative estimate of drug-likeness (QED) is 0.561. The van der Waals surface area contributed by atoms with E-state index in [0.29, 0.717) is 0 Å². The van der Waals surface area contributed by atoms with Crippen molar-refractivity contribution >= 4 is 31.5 Å². The number of allylic oxidation sites excluding steroid dienone is 1. The van der Waals surface area contributed by atoms with Gasteiger partial charge in [0.1, 0.15) is 5.25 Å². The highest BCUT2D eigenvalue weighted by atomic mass is 79.9. The van der Waals surface area contributed by atoms with Gasteiger partial charge in [-0.15, -0.1) is 0 Å². The fourth-order valence-corrected chi connectivity index (χ4v) is 6.83. The lowest BCUT2D eigenvalue weighted by molar-refractivity contribution is 0.295. The molecule has 2 N–H and O–H groups in total. The van der Waals surface area contributed by atoms with Gasteiger partial charge in [0.05, 0.1) is 5.54 Å². The molecule has 0 aromatic heterocycles. The van der Waals surface area contributed by atoms with Gasteiger partial charge in [-0.05, 0) is 54.3 Å². The van der Waals surface area contributed by atoms with E-state index in [1.54, 1.807) is 0 Å². The number of hydrogen-bond acceptors (Lipinski definition) is 5. The van der Waals surface area contributed by atoms with E-state index in [9.17, 15) is 8.42 Å². The molecule has 1 heterocycles. The summed E-state index contributed by atoms with van der Waals surface area (Å²) in [5.41, 5.74) is 2.37. The third kappa shape index (κ3) is 5.53. The van der Waals surface area contributed by atoms with Crippen LogP contribution >= 0.6 is 15.9 Å². The van der Waals surface area contributed by atoms with E-state index in [0.717, 1.165) is 48.5 Å². The first-order chi connectivity index (χ1) is 15.8. The highest BCUT2D eigenvalue weighted by Crippen LogP contribution is 2.39. The van der Waals surface area contributed by atoms with Gasteiger partial charge in [0.25, 0.3) is 0 Å². The van der Waals surface area contributed by atoms with Gasteiger partial charge < -0.3 is 15.5 Å². The number of piperazine rings is 1. The van der Waals surface area contributed by atoms with Gasteiger partial charge in [-0.1, -0.05) is 59.3 Å². The molecule has 1 saturated heterocycles. The number of halogens is 1. The van der Waals surface area contributed by atoms with Gasteiger partial charge in [0.2, 0.25) is 0 Å². The minimum atomic E-state index is -3.39. The lowest BCUT2D eigenvalue weighted by atomic mass is 9.75. The number of anilines is 1. The first kappa shape index (κ1) is 24.0. The first-order valence-corrected chi connectivity index (χ1v) is 14.2. The van der Waals surface area contributed by atoms with Crippen molar-refractivity contribution < 1.29 is 8.42 Å². The zero-order chi connectivity index (χ0) is 23.5. The molecule has 0 bridgehead atoms. The molecule has 0 radical (unpaired) electrons. The Morgan fingerprint density at radius 3 is 2.55 bits per heavy atom. The van der Waals surface area contributed by atoms with Gasteiger partial charge in [-0.2, -0.15) is 0 Å². The number of para-hydroxylation sites is 1. The summed E-state index contributed by atoms with van der Waals surface area (Å²) in [5, 5.41) is 6.41. The maximum atomic E-state index is 13.1. The van der Waals surface area contributed by atoms with Crippen LogP contribution in [0.2, 0.25) is 0 Å². The molecule has 1 fully saturated rings. The predicted molar refractivity (Wildman–Crippen MR) is 140 cm³/mol. The van der Waals surface area contributed by atoms with Gasteiger partial charge in [-0.3, -0.25) is 0 Å². The van der Waals surface area contributed by atoms with Crippen molar-refractivity contribution in [2.75, 3.05) is 37.8 Å². The van der Waals surface area contributed by atoms with Crippen molar-refractivity contribution in [3.05, 3.63) is 88.6 Å². The van der Waals surface area contributed by atoms with Gasteiger partial charge in [-0.25, -0.2) is 8.42 Å². The maximum Gasteiger partial charge on any atom is 0.156 e. The first-order valence-electron chi connectivity index (χ1n) is 11.4. The van der Waals surface area contributed by atoms with E-state index >= 15 is 0 Å². The minimum Gasteiger partial charge on any atom is -0.374 e. The highest BCUT2D eigenvalue weighted by Gasteiger charge is 2.48. The molecule has 7 heteroatoms. The lowest BCUT2D eigenvalue weighted by Gasteiger charge is -2.46. The van der Waals surface area contributed by atoms with E-state index in [2.05, 4.69) is 56.6 Å². The SMILES string of the molecule is CC(Cc1cccc(Br)c1)C1(Nc2ccccc2)C=C(N2CCNCC2)C=CC1S(C)(=O)=O. The van der Waals surface area contributed by atoms with Gasteiger partial charge >= 0.3 is 0 Å². The zero-order valence-corrected chi connectivity index (χ0v) is 21.6. The van der Waals surface area contributed by atoms with Crippen LogP contribution in [0.15, 0.2) is 83.0 Å². The standard InChI is InChI=1S/C26H32BrN3O2S/c1-20(17-21-7-6-8-22(27)18-21)26(29-23-9-4-3-5-10-23)19-24(30-15-13-28-14-16-30)11-12-25(26)33(2,31)32/h3-12,18-20,25,28-29H,13-17H2,1-2H3.